The van der Waals surface area contributed by atoms with Gasteiger partial charge in [-0.25, -0.2) is 0 Å². The molecule has 2 fully saturated rings. The molecule has 0 amide bonds. The first-order valence-corrected chi connectivity index (χ1v) is 10.8. The summed E-state index contributed by atoms with van der Waals surface area (Å²) in [5.74, 6) is 0. The Morgan fingerprint density at radius 3 is 2.53 bits per heavy atom. The Morgan fingerprint density at radius 2 is 1.80 bits per heavy atom. The molecule has 162 valence electrons. The van der Waals surface area contributed by atoms with Crippen LogP contribution in [0.4, 0.5) is 13.2 Å². The van der Waals surface area contributed by atoms with Gasteiger partial charge in [-0.1, -0.05) is 43.2 Å². The Balaban J connectivity index is 1.47. The maximum atomic E-state index is 13.2. The molecule has 1 aromatic heterocycles. The summed E-state index contributed by atoms with van der Waals surface area (Å²) < 4.78 is 46.0. The van der Waals surface area contributed by atoms with Crippen molar-refractivity contribution in [2.45, 2.75) is 68.7 Å². The number of aromatic nitrogens is 1. The number of nitrogens with one attached hydrogen (secondary N) is 1. The Hall–Kier alpha value is -1.92. The first-order valence-electron chi connectivity index (χ1n) is 10.8. The Labute approximate surface area is 176 Å². The van der Waals surface area contributed by atoms with Crippen molar-refractivity contribution in [3.8, 4) is 0 Å². The molecule has 1 aliphatic heterocycles. The van der Waals surface area contributed by atoms with Gasteiger partial charge in [0, 0.05) is 31.0 Å². The fourth-order valence-electron chi connectivity index (χ4n) is 5.35. The number of alkyl halides is 3. The molecule has 4 rings (SSSR count). The fourth-order valence-corrected chi connectivity index (χ4v) is 5.35. The van der Waals surface area contributed by atoms with Crippen LogP contribution in [-0.4, -0.2) is 23.7 Å². The number of pyridine rings is 1. The smallest absolute Gasteiger partial charge is 0.375 e. The number of hydrogen-bond acceptors (Lipinski definition) is 3. The van der Waals surface area contributed by atoms with Gasteiger partial charge in [-0.05, 0) is 55.8 Å². The van der Waals surface area contributed by atoms with Crippen molar-refractivity contribution in [3.05, 3.63) is 65.5 Å². The molecule has 2 aromatic rings. The molecule has 3 nitrogen and oxygen atoms in total. The van der Waals surface area contributed by atoms with E-state index >= 15 is 0 Å². The van der Waals surface area contributed by atoms with Gasteiger partial charge in [0.05, 0.1) is 11.2 Å². The van der Waals surface area contributed by atoms with Gasteiger partial charge in [-0.3, -0.25) is 4.98 Å². The van der Waals surface area contributed by atoms with Crippen LogP contribution in [0, 0.1) is 0 Å². The first-order chi connectivity index (χ1) is 14.4. The van der Waals surface area contributed by atoms with Gasteiger partial charge in [0.1, 0.15) is 0 Å². The molecular weight excluding hydrogens is 389 g/mol. The van der Waals surface area contributed by atoms with Gasteiger partial charge in [0.2, 0.25) is 0 Å². The van der Waals surface area contributed by atoms with Crippen LogP contribution in [-0.2, 0) is 22.9 Å². The molecule has 6 heteroatoms. The van der Waals surface area contributed by atoms with E-state index in [0.717, 1.165) is 44.8 Å². The minimum Gasteiger partial charge on any atom is -0.375 e. The van der Waals surface area contributed by atoms with Crippen LogP contribution in [0.1, 0.15) is 61.6 Å². The average Bonchev–Trinajstić information content (AvgIpc) is 3.19. The lowest BCUT2D eigenvalue weighted by Crippen LogP contribution is -2.47. The second-order valence-electron chi connectivity index (χ2n) is 8.77. The fraction of sp³-hybridized carbons (Fsp3) is 0.542. The molecule has 1 spiro atoms. The summed E-state index contributed by atoms with van der Waals surface area (Å²) in [6.45, 7) is 1.56. The van der Waals surface area contributed by atoms with Gasteiger partial charge in [0.25, 0.3) is 0 Å². The highest BCUT2D eigenvalue weighted by molar-refractivity contribution is 5.28. The van der Waals surface area contributed by atoms with Crippen LogP contribution in [0.3, 0.4) is 0 Å². The molecule has 1 aliphatic carbocycles. The molecule has 1 saturated carbocycles. The summed E-state index contributed by atoms with van der Waals surface area (Å²) in [5, 5.41) is 3.25. The summed E-state index contributed by atoms with van der Waals surface area (Å²) in [4.78, 5) is 3.88. The lowest BCUT2D eigenvalue weighted by molar-refractivity contribution is -0.138. The maximum Gasteiger partial charge on any atom is 0.416 e. The second-order valence-corrected chi connectivity index (χ2v) is 8.77. The van der Waals surface area contributed by atoms with E-state index in [4.69, 9.17) is 4.74 Å². The Bertz CT molecular complexity index is 834. The largest absolute Gasteiger partial charge is 0.416 e. The molecule has 0 radical (unpaired) electrons. The number of rotatable bonds is 6. The summed E-state index contributed by atoms with van der Waals surface area (Å²) in [5.41, 5.74) is 0.870. The van der Waals surface area contributed by atoms with Gasteiger partial charge >= 0.3 is 6.18 Å². The van der Waals surface area contributed by atoms with E-state index < -0.39 is 11.7 Å². The Morgan fingerprint density at radius 1 is 1.03 bits per heavy atom. The quantitative estimate of drug-likeness (QED) is 0.617. The van der Waals surface area contributed by atoms with E-state index in [0.29, 0.717) is 6.54 Å². The van der Waals surface area contributed by atoms with Crippen molar-refractivity contribution >= 4 is 0 Å². The van der Waals surface area contributed by atoms with Crippen LogP contribution < -0.4 is 5.32 Å². The predicted octanol–water partition coefficient (Wildman–Crippen LogP) is 5.64. The average molecular weight is 419 g/mol. The molecule has 1 N–H and O–H groups in total. The highest BCUT2D eigenvalue weighted by atomic mass is 19.4. The number of ether oxygens (including phenoxy) is 1. The van der Waals surface area contributed by atoms with Crippen molar-refractivity contribution in [2.75, 3.05) is 13.2 Å². The number of halogens is 3. The second kappa shape index (κ2) is 8.67. The summed E-state index contributed by atoms with van der Waals surface area (Å²) in [7, 11) is 0. The zero-order valence-corrected chi connectivity index (χ0v) is 17.2. The van der Waals surface area contributed by atoms with Crippen molar-refractivity contribution in [1.82, 2.24) is 10.3 Å². The van der Waals surface area contributed by atoms with Crippen LogP contribution in [0.2, 0.25) is 0 Å². The summed E-state index contributed by atoms with van der Waals surface area (Å²) >= 11 is 0. The third kappa shape index (κ3) is 4.54. The third-order valence-electron chi connectivity index (χ3n) is 6.86. The van der Waals surface area contributed by atoms with Crippen molar-refractivity contribution < 1.29 is 17.9 Å². The van der Waals surface area contributed by atoms with Crippen molar-refractivity contribution in [2.24, 2.45) is 0 Å². The van der Waals surface area contributed by atoms with Gasteiger partial charge in [-0.15, -0.1) is 0 Å². The highest BCUT2D eigenvalue weighted by Gasteiger charge is 2.47. The molecule has 1 atom stereocenters. The predicted molar refractivity (Wildman–Crippen MR) is 110 cm³/mol. The first kappa shape index (κ1) is 21.3. The highest BCUT2D eigenvalue weighted by Crippen LogP contribution is 2.50. The Kier molecular flexibility index (Phi) is 6.16. The molecule has 30 heavy (non-hydrogen) atoms. The van der Waals surface area contributed by atoms with Gasteiger partial charge < -0.3 is 10.1 Å². The van der Waals surface area contributed by atoms with Gasteiger partial charge in [-0.2, -0.15) is 13.2 Å². The van der Waals surface area contributed by atoms with Crippen molar-refractivity contribution in [1.29, 1.82) is 0 Å². The van der Waals surface area contributed by atoms with Crippen LogP contribution in [0.25, 0.3) is 0 Å². The normalized spacial score (nSPS) is 23.7. The van der Waals surface area contributed by atoms with E-state index in [2.05, 4.69) is 34.6 Å². The molecule has 0 bridgehead atoms. The number of benzene rings is 1. The van der Waals surface area contributed by atoms with E-state index in [9.17, 15) is 13.2 Å². The van der Waals surface area contributed by atoms with Crippen LogP contribution in [0.15, 0.2) is 48.8 Å². The van der Waals surface area contributed by atoms with E-state index in [1.807, 2.05) is 6.07 Å². The summed E-state index contributed by atoms with van der Waals surface area (Å²) in [6.07, 6.45) is 5.61. The molecule has 2 aliphatic rings. The molecule has 1 saturated heterocycles. The molecule has 2 heterocycles. The van der Waals surface area contributed by atoms with Gasteiger partial charge in [0.15, 0.2) is 0 Å². The standard InChI is InChI=1S/C24H29F3N2O/c25-24(26,27)21-8-13-28-16-19(21)17-29-14-11-22(20-6-2-1-3-7-20)12-15-30-23(18-22)9-4-5-10-23/h1-3,6-8,13,16,29H,4-5,9-12,14-15,17-18H2/t22-/m1/s1. The minimum atomic E-state index is -4.36. The summed E-state index contributed by atoms with van der Waals surface area (Å²) in [6, 6.07) is 11.6. The van der Waals surface area contributed by atoms with Crippen LogP contribution in [0.5, 0.6) is 0 Å². The molecule has 1 aromatic carbocycles. The lowest BCUT2D eigenvalue weighted by atomic mass is 9.66. The SMILES string of the molecule is FC(F)(F)c1ccncc1CNCC[C@@]1(c2ccccc2)CCOC2(CCCC2)C1. The van der Waals surface area contributed by atoms with Crippen molar-refractivity contribution in [3.63, 3.8) is 0 Å². The zero-order chi connectivity index (χ0) is 21.1. The zero-order valence-electron chi connectivity index (χ0n) is 17.2. The third-order valence-corrected chi connectivity index (χ3v) is 6.86. The monoisotopic (exact) mass is 418 g/mol. The maximum absolute atomic E-state index is 13.2. The van der Waals surface area contributed by atoms with E-state index in [1.54, 1.807) is 0 Å². The molecule has 0 unspecified atom stereocenters. The minimum absolute atomic E-state index is 0.00134. The number of hydrogen-bond donors (Lipinski definition) is 1. The topological polar surface area (TPSA) is 34.2 Å². The number of nitrogens with zero attached hydrogens (tertiary/aromatic N) is 1. The van der Waals surface area contributed by atoms with Crippen LogP contribution >= 0.6 is 0 Å². The lowest BCUT2D eigenvalue weighted by Gasteiger charge is -2.47. The molecular formula is C24H29F3N2O. The van der Waals surface area contributed by atoms with E-state index in [-0.39, 0.29) is 23.1 Å². The van der Waals surface area contributed by atoms with E-state index in [1.165, 1.54) is 30.8 Å².